The minimum absolute atomic E-state index is 0.123. The number of hydrogen-bond donors (Lipinski definition) is 1. The van der Waals surface area contributed by atoms with Crippen molar-refractivity contribution in [1.29, 1.82) is 0 Å². The Kier molecular flexibility index (Phi) is 6.63. The number of rotatable bonds is 7. The van der Waals surface area contributed by atoms with E-state index in [1.165, 1.54) is 43.7 Å². The van der Waals surface area contributed by atoms with Crippen molar-refractivity contribution < 1.29 is 19.4 Å². The third-order valence-corrected chi connectivity index (χ3v) is 5.37. The highest BCUT2D eigenvalue weighted by molar-refractivity contribution is 6.31. The number of aryl methyl sites for hydroxylation is 2. The van der Waals surface area contributed by atoms with E-state index in [4.69, 9.17) is 16.3 Å². The van der Waals surface area contributed by atoms with E-state index < -0.39 is 21.8 Å². The van der Waals surface area contributed by atoms with Crippen molar-refractivity contribution in [2.75, 3.05) is 5.32 Å². The number of halogens is 1. The van der Waals surface area contributed by atoms with Gasteiger partial charge in [0.05, 0.1) is 21.6 Å². The predicted octanol–water partition coefficient (Wildman–Crippen LogP) is 5.27. The second kappa shape index (κ2) is 9.25. The number of non-ortho nitro benzene ring substituents is 1. The summed E-state index contributed by atoms with van der Waals surface area (Å²) in [6.45, 7) is 6.28. The van der Waals surface area contributed by atoms with Gasteiger partial charge in [-0.1, -0.05) is 11.6 Å². The van der Waals surface area contributed by atoms with Gasteiger partial charge in [0.15, 0.2) is 0 Å². The van der Waals surface area contributed by atoms with Gasteiger partial charge in [-0.25, -0.2) is 0 Å². The molecule has 1 atom stereocenters. The molecule has 2 aromatic carbocycles. The van der Waals surface area contributed by atoms with Crippen molar-refractivity contribution in [3.05, 3.63) is 78.6 Å². The molecule has 0 spiro atoms. The third kappa shape index (κ3) is 5.09. The molecular formula is C21H20ClN5O6. The van der Waals surface area contributed by atoms with Crippen LogP contribution in [0.1, 0.15) is 29.9 Å². The maximum absolute atomic E-state index is 12.8. The van der Waals surface area contributed by atoms with E-state index in [0.717, 1.165) is 5.56 Å². The molecule has 1 unspecified atom stereocenters. The zero-order valence-corrected chi connectivity index (χ0v) is 18.9. The summed E-state index contributed by atoms with van der Waals surface area (Å²) < 4.78 is 6.97. The van der Waals surface area contributed by atoms with Crippen molar-refractivity contribution in [3.8, 4) is 11.5 Å². The van der Waals surface area contributed by atoms with Crippen molar-refractivity contribution in [2.45, 2.75) is 33.7 Å². The monoisotopic (exact) mass is 473 g/mol. The van der Waals surface area contributed by atoms with E-state index in [1.807, 2.05) is 0 Å². The Morgan fingerprint density at radius 3 is 2.36 bits per heavy atom. The summed E-state index contributed by atoms with van der Waals surface area (Å²) in [5.74, 6) is -0.0158. The van der Waals surface area contributed by atoms with Gasteiger partial charge in [-0.05, 0) is 51.5 Å². The highest BCUT2D eigenvalue weighted by Gasteiger charge is 2.27. The fourth-order valence-electron chi connectivity index (χ4n) is 3.29. The number of hydrogen-bond acceptors (Lipinski definition) is 7. The van der Waals surface area contributed by atoms with Crippen molar-refractivity contribution in [1.82, 2.24) is 9.78 Å². The topological polar surface area (TPSA) is 142 Å². The van der Waals surface area contributed by atoms with E-state index in [2.05, 4.69) is 10.4 Å². The molecule has 3 rings (SSSR count). The summed E-state index contributed by atoms with van der Waals surface area (Å²) in [6.07, 6.45) is 0. The first kappa shape index (κ1) is 23.7. The van der Waals surface area contributed by atoms with Crippen LogP contribution in [0.4, 0.5) is 17.1 Å². The highest BCUT2D eigenvalue weighted by Crippen LogP contribution is 2.32. The molecule has 0 saturated carbocycles. The minimum Gasteiger partial charge on any atom is -0.457 e. The number of nitro benzene ring substituents is 1. The Balaban J connectivity index is 1.88. The predicted molar refractivity (Wildman–Crippen MR) is 121 cm³/mol. The van der Waals surface area contributed by atoms with Gasteiger partial charge in [-0.3, -0.25) is 29.7 Å². The number of nitrogens with one attached hydrogen (secondary N) is 1. The molecule has 1 N–H and O–H groups in total. The lowest BCUT2D eigenvalue weighted by atomic mass is 10.2. The lowest BCUT2D eigenvalue weighted by Crippen LogP contribution is -2.25. The van der Waals surface area contributed by atoms with Crippen LogP contribution in [-0.2, 0) is 4.79 Å². The van der Waals surface area contributed by atoms with Crippen LogP contribution in [0.3, 0.4) is 0 Å². The molecule has 11 nitrogen and oxygen atoms in total. The maximum atomic E-state index is 12.8. The second-order valence-corrected chi connectivity index (χ2v) is 7.78. The lowest BCUT2D eigenvalue weighted by Gasteiger charge is -2.15. The van der Waals surface area contributed by atoms with Crippen LogP contribution in [-0.4, -0.2) is 25.5 Å². The van der Waals surface area contributed by atoms with E-state index in [0.29, 0.717) is 10.8 Å². The van der Waals surface area contributed by atoms with E-state index in [9.17, 15) is 25.0 Å². The molecule has 0 fully saturated rings. The second-order valence-electron chi connectivity index (χ2n) is 7.37. The molecule has 0 saturated heterocycles. The molecule has 0 aliphatic carbocycles. The molecule has 0 aliphatic heterocycles. The molecule has 1 heterocycles. The van der Waals surface area contributed by atoms with Gasteiger partial charge in [-0.2, -0.15) is 5.10 Å². The summed E-state index contributed by atoms with van der Waals surface area (Å²) in [7, 11) is 0. The van der Waals surface area contributed by atoms with Crippen molar-refractivity contribution in [3.63, 3.8) is 0 Å². The summed E-state index contributed by atoms with van der Waals surface area (Å²) in [4.78, 5) is 34.3. The minimum atomic E-state index is -0.917. The summed E-state index contributed by atoms with van der Waals surface area (Å²) in [5, 5.41) is 29.9. The molecule has 33 heavy (non-hydrogen) atoms. The summed E-state index contributed by atoms with van der Waals surface area (Å²) >= 11 is 6.02. The average molecular weight is 474 g/mol. The molecule has 0 radical (unpaired) electrons. The number of carbonyl (C=O) groups is 1. The fourth-order valence-corrected chi connectivity index (χ4v) is 3.41. The number of nitrogens with zero attached hydrogens (tertiary/aromatic N) is 4. The van der Waals surface area contributed by atoms with Crippen LogP contribution >= 0.6 is 11.6 Å². The molecule has 12 heteroatoms. The number of nitro groups is 2. The third-order valence-electron chi connectivity index (χ3n) is 4.95. The summed E-state index contributed by atoms with van der Waals surface area (Å²) in [6, 6.07) is 7.87. The number of carbonyl (C=O) groups excluding carboxylic acids is 1. The van der Waals surface area contributed by atoms with Crippen LogP contribution < -0.4 is 10.1 Å². The SMILES string of the molecule is Cc1cc(Oc2cc(NC(=O)C(C)n3nc(C)c([N+](=O)[O-])c3C)cc([N+](=O)[O-])c2)ccc1Cl. The molecular weight excluding hydrogens is 454 g/mol. The van der Waals surface area contributed by atoms with Crippen LogP contribution in [0, 0.1) is 41.0 Å². The zero-order valence-electron chi connectivity index (χ0n) is 18.2. The lowest BCUT2D eigenvalue weighted by molar-refractivity contribution is -0.386. The zero-order chi connectivity index (χ0) is 24.4. The average Bonchev–Trinajstić information content (AvgIpc) is 3.04. The standard InChI is InChI=1S/C21H20ClN5O6/c1-11-7-17(5-6-19(11)22)33-18-9-15(8-16(10-18)26(29)30)23-21(28)14(4)25-13(3)20(27(31)32)12(2)24-25/h5-10,14H,1-4H3,(H,23,28). The Morgan fingerprint density at radius 2 is 1.79 bits per heavy atom. The van der Waals surface area contributed by atoms with Crippen LogP contribution in [0.15, 0.2) is 36.4 Å². The van der Waals surface area contributed by atoms with Crippen molar-refractivity contribution >= 4 is 34.6 Å². The molecule has 0 bridgehead atoms. The largest absolute Gasteiger partial charge is 0.457 e. The molecule has 172 valence electrons. The van der Waals surface area contributed by atoms with Gasteiger partial charge in [-0.15, -0.1) is 0 Å². The number of ether oxygens (including phenoxy) is 1. The van der Waals surface area contributed by atoms with Gasteiger partial charge in [0.25, 0.3) is 5.69 Å². The summed E-state index contributed by atoms with van der Waals surface area (Å²) in [5.41, 5.74) is 0.836. The van der Waals surface area contributed by atoms with Gasteiger partial charge in [0.2, 0.25) is 5.91 Å². The van der Waals surface area contributed by atoms with Crippen LogP contribution in [0.25, 0.3) is 0 Å². The van der Waals surface area contributed by atoms with E-state index in [1.54, 1.807) is 25.1 Å². The first-order valence-electron chi connectivity index (χ1n) is 9.72. The van der Waals surface area contributed by atoms with Crippen LogP contribution in [0.2, 0.25) is 5.02 Å². The van der Waals surface area contributed by atoms with E-state index >= 15 is 0 Å². The number of benzene rings is 2. The number of amides is 1. The smallest absolute Gasteiger partial charge is 0.312 e. The van der Waals surface area contributed by atoms with Gasteiger partial charge < -0.3 is 10.1 Å². The quantitative estimate of drug-likeness (QED) is 0.363. The molecule has 1 aromatic heterocycles. The molecule has 1 amide bonds. The molecule has 3 aromatic rings. The number of aromatic nitrogens is 2. The Bertz CT molecular complexity index is 1270. The first-order valence-corrected chi connectivity index (χ1v) is 10.1. The van der Waals surface area contributed by atoms with Crippen LogP contribution in [0.5, 0.6) is 11.5 Å². The fraction of sp³-hybridized carbons (Fsp3) is 0.238. The highest BCUT2D eigenvalue weighted by atomic mass is 35.5. The van der Waals surface area contributed by atoms with Gasteiger partial charge >= 0.3 is 5.69 Å². The first-order chi connectivity index (χ1) is 15.5. The number of anilines is 1. The molecule has 0 aliphatic rings. The Labute approximate surface area is 193 Å². The van der Waals surface area contributed by atoms with E-state index in [-0.39, 0.29) is 34.2 Å². The normalized spacial score (nSPS) is 11.7. The van der Waals surface area contributed by atoms with Crippen molar-refractivity contribution in [2.24, 2.45) is 0 Å². The van der Waals surface area contributed by atoms with Gasteiger partial charge in [0, 0.05) is 17.2 Å². The Hall–Kier alpha value is -3.99. The van der Waals surface area contributed by atoms with Gasteiger partial charge in [0.1, 0.15) is 28.9 Å². The maximum Gasteiger partial charge on any atom is 0.312 e. The Morgan fingerprint density at radius 1 is 1.09 bits per heavy atom.